The molecule has 5 heteroatoms. The van der Waals surface area contributed by atoms with Gasteiger partial charge in [-0.3, -0.25) is 4.79 Å². The number of carbonyl (C=O) groups excluding carboxylic acids is 1. The van der Waals surface area contributed by atoms with E-state index in [9.17, 15) is 9.18 Å². The van der Waals surface area contributed by atoms with Crippen molar-refractivity contribution >= 4 is 33.0 Å². The number of anilines is 1. The number of methoxy groups -OCH3 is 1. The Balaban J connectivity index is 2.01. The Hall–Kier alpha value is -2.24. The fraction of sp³-hybridized carbons (Fsp3) is 0.167. The van der Waals surface area contributed by atoms with Crippen LogP contribution in [0.3, 0.4) is 0 Å². The van der Waals surface area contributed by atoms with Crippen LogP contribution in [0.15, 0.2) is 42.5 Å². The summed E-state index contributed by atoms with van der Waals surface area (Å²) in [7, 11) is 1.53. The number of hydrogen-bond donors (Lipinski definition) is 1. The fourth-order valence-corrected chi connectivity index (χ4v) is 3.57. The minimum absolute atomic E-state index is 0.192. The molecule has 0 aliphatic heterocycles. The predicted molar refractivity (Wildman–Crippen MR) is 91.6 cm³/mol. The highest BCUT2D eigenvalue weighted by Crippen LogP contribution is 2.34. The highest BCUT2D eigenvalue weighted by atomic mass is 32.1. The summed E-state index contributed by atoms with van der Waals surface area (Å²) in [5.41, 5.74) is 2.42. The zero-order chi connectivity index (χ0) is 16.4. The number of fused-ring (bicyclic) bond motifs is 1. The summed E-state index contributed by atoms with van der Waals surface area (Å²) < 4.78 is 20.0. The van der Waals surface area contributed by atoms with Gasteiger partial charge in [-0.1, -0.05) is 23.8 Å². The van der Waals surface area contributed by atoms with Crippen molar-refractivity contribution in [1.29, 1.82) is 0 Å². The summed E-state index contributed by atoms with van der Waals surface area (Å²) in [4.78, 5) is 13.1. The Labute approximate surface area is 137 Å². The first-order valence-electron chi connectivity index (χ1n) is 7.17. The van der Waals surface area contributed by atoms with E-state index in [1.54, 1.807) is 6.07 Å². The predicted octanol–water partition coefficient (Wildman–Crippen LogP) is 4.75. The number of thiophene rings is 1. The summed E-state index contributed by atoms with van der Waals surface area (Å²) in [6, 6.07) is 12.4. The van der Waals surface area contributed by atoms with Crippen LogP contribution >= 0.6 is 11.3 Å². The zero-order valence-corrected chi connectivity index (χ0v) is 13.7. The van der Waals surface area contributed by atoms with Gasteiger partial charge in [-0.2, -0.15) is 0 Å². The lowest BCUT2D eigenvalue weighted by Crippen LogP contribution is -2.12. The molecule has 2 aromatic carbocycles. The Kier molecular flexibility index (Phi) is 4.41. The summed E-state index contributed by atoms with van der Waals surface area (Å²) >= 11 is 1.28. The molecule has 0 radical (unpaired) electrons. The third kappa shape index (κ3) is 3.11. The molecule has 0 unspecified atom stereocenters. The van der Waals surface area contributed by atoms with Crippen molar-refractivity contribution in [2.75, 3.05) is 12.4 Å². The number of halogens is 1. The lowest BCUT2D eigenvalue weighted by Gasteiger charge is -2.06. The van der Waals surface area contributed by atoms with Gasteiger partial charge in [0.2, 0.25) is 0 Å². The van der Waals surface area contributed by atoms with E-state index < -0.39 is 0 Å². The number of nitrogens with one attached hydrogen (secondary N) is 1. The number of benzene rings is 2. The molecule has 1 N–H and O–H groups in total. The maximum absolute atomic E-state index is 14.1. The van der Waals surface area contributed by atoms with Crippen LogP contribution in [0, 0.1) is 12.7 Å². The van der Waals surface area contributed by atoms with Crippen LogP contribution in [0.2, 0.25) is 0 Å². The fourth-order valence-electron chi connectivity index (χ4n) is 2.46. The van der Waals surface area contributed by atoms with Crippen molar-refractivity contribution in [3.8, 4) is 0 Å². The Bertz CT molecular complexity index is 855. The number of carbonyl (C=O) groups is 1. The van der Waals surface area contributed by atoms with Crippen molar-refractivity contribution < 1.29 is 13.9 Å². The van der Waals surface area contributed by atoms with Crippen molar-refractivity contribution in [2.24, 2.45) is 0 Å². The molecule has 0 aliphatic carbocycles. The maximum Gasteiger partial charge on any atom is 0.266 e. The monoisotopic (exact) mass is 329 g/mol. The van der Waals surface area contributed by atoms with Gasteiger partial charge in [-0.25, -0.2) is 4.39 Å². The van der Waals surface area contributed by atoms with E-state index in [1.807, 2.05) is 37.3 Å². The zero-order valence-electron chi connectivity index (χ0n) is 12.9. The Morgan fingerprint density at radius 3 is 2.65 bits per heavy atom. The van der Waals surface area contributed by atoms with Gasteiger partial charge in [0, 0.05) is 28.4 Å². The number of aryl methyl sites for hydroxylation is 1. The summed E-state index contributed by atoms with van der Waals surface area (Å²) in [6.07, 6.45) is 0. The number of amides is 1. The van der Waals surface area contributed by atoms with E-state index >= 15 is 0 Å². The average Bonchev–Trinajstić information content (AvgIpc) is 2.90. The lowest BCUT2D eigenvalue weighted by atomic mass is 10.1. The summed E-state index contributed by atoms with van der Waals surface area (Å²) in [6.45, 7) is 2.18. The van der Waals surface area contributed by atoms with E-state index in [1.165, 1.54) is 24.5 Å². The molecule has 0 spiro atoms. The number of hydrogen-bond acceptors (Lipinski definition) is 3. The number of rotatable bonds is 4. The molecular formula is C18H16FNO2S. The molecular weight excluding hydrogens is 313 g/mol. The van der Waals surface area contributed by atoms with Crippen LogP contribution in [0.25, 0.3) is 10.1 Å². The molecule has 0 saturated carbocycles. The molecule has 1 amide bonds. The van der Waals surface area contributed by atoms with Crippen LogP contribution in [-0.4, -0.2) is 13.0 Å². The number of ether oxygens (including phenoxy) is 1. The normalized spacial score (nSPS) is 10.9. The van der Waals surface area contributed by atoms with Gasteiger partial charge in [-0.05, 0) is 31.2 Å². The third-order valence-corrected chi connectivity index (χ3v) is 4.76. The van der Waals surface area contributed by atoms with E-state index in [0.29, 0.717) is 21.5 Å². The van der Waals surface area contributed by atoms with E-state index in [-0.39, 0.29) is 18.3 Å². The second-order valence-corrected chi connectivity index (χ2v) is 6.33. The van der Waals surface area contributed by atoms with Gasteiger partial charge < -0.3 is 10.1 Å². The molecule has 3 aromatic rings. The molecule has 0 fully saturated rings. The summed E-state index contributed by atoms with van der Waals surface area (Å²) in [5, 5.41) is 3.32. The van der Waals surface area contributed by atoms with Crippen LogP contribution < -0.4 is 5.32 Å². The minimum atomic E-state index is -0.333. The van der Waals surface area contributed by atoms with Gasteiger partial charge in [0.1, 0.15) is 5.82 Å². The highest BCUT2D eigenvalue weighted by Gasteiger charge is 2.20. The molecule has 1 aromatic heterocycles. The molecule has 0 saturated heterocycles. The molecule has 23 heavy (non-hydrogen) atoms. The van der Waals surface area contributed by atoms with E-state index in [2.05, 4.69) is 5.32 Å². The van der Waals surface area contributed by atoms with Crippen molar-refractivity contribution in [2.45, 2.75) is 13.5 Å². The van der Waals surface area contributed by atoms with E-state index in [4.69, 9.17) is 4.74 Å². The molecule has 3 nitrogen and oxygen atoms in total. The van der Waals surface area contributed by atoms with Crippen molar-refractivity contribution in [1.82, 2.24) is 0 Å². The second-order valence-electron chi connectivity index (χ2n) is 5.28. The molecule has 0 aliphatic rings. The maximum atomic E-state index is 14.1. The first-order chi connectivity index (χ1) is 11.1. The lowest BCUT2D eigenvalue weighted by molar-refractivity contribution is 0.102. The van der Waals surface area contributed by atoms with Crippen molar-refractivity contribution in [3.05, 3.63) is 64.3 Å². The molecule has 1 heterocycles. The highest BCUT2D eigenvalue weighted by molar-refractivity contribution is 7.21. The van der Waals surface area contributed by atoms with Crippen LogP contribution in [0.4, 0.5) is 10.1 Å². The van der Waals surface area contributed by atoms with Crippen LogP contribution in [-0.2, 0) is 11.3 Å². The second kappa shape index (κ2) is 6.48. The molecule has 0 bridgehead atoms. The minimum Gasteiger partial charge on any atom is -0.380 e. The average molecular weight is 329 g/mol. The third-order valence-electron chi connectivity index (χ3n) is 3.57. The quantitative estimate of drug-likeness (QED) is 0.750. The first-order valence-corrected chi connectivity index (χ1v) is 7.98. The Morgan fingerprint density at radius 2 is 1.96 bits per heavy atom. The molecule has 0 atom stereocenters. The van der Waals surface area contributed by atoms with Gasteiger partial charge in [0.25, 0.3) is 5.91 Å². The van der Waals surface area contributed by atoms with E-state index in [0.717, 1.165) is 10.3 Å². The topological polar surface area (TPSA) is 38.3 Å². The molecule has 118 valence electrons. The SMILES string of the molecule is COCc1c(C(=O)Nc2ccc(C)cc2)sc2cccc(F)c12. The molecule has 3 rings (SSSR count). The standard InChI is InChI=1S/C18H16FNO2S/c1-11-6-8-12(9-7-11)20-18(21)17-13(10-22-2)16-14(19)4-3-5-15(16)23-17/h3-9H,10H2,1-2H3,(H,20,21). The van der Waals surface area contributed by atoms with Crippen molar-refractivity contribution in [3.63, 3.8) is 0 Å². The largest absolute Gasteiger partial charge is 0.380 e. The smallest absolute Gasteiger partial charge is 0.266 e. The Morgan fingerprint density at radius 1 is 1.22 bits per heavy atom. The van der Waals surface area contributed by atoms with Gasteiger partial charge in [-0.15, -0.1) is 11.3 Å². The van der Waals surface area contributed by atoms with Gasteiger partial charge >= 0.3 is 0 Å². The summed E-state index contributed by atoms with van der Waals surface area (Å²) in [5.74, 6) is -0.582. The van der Waals surface area contributed by atoms with Crippen LogP contribution in [0.1, 0.15) is 20.8 Å². The van der Waals surface area contributed by atoms with Gasteiger partial charge in [0.05, 0.1) is 11.5 Å². The van der Waals surface area contributed by atoms with Crippen LogP contribution in [0.5, 0.6) is 0 Å². The van der Waals surface area contributed by atoms with Gasteiger partial charge in [0.15, 0.2) is 0 Å². The first kappa shape index (κ1) is 15.6.